The van der Waals surface area contributed by atoms with Crippen LogP contribution in [-0.2, 0) is 9.47 Å². The molecule has 0 aliphatic heterocycles. The number of hydrogen-bond donors (Lipinski definition) is 0. The standard InChI is InChI=1S/C16H18O3/c1-2-18-15(17)19-16(11-6-7-12-16)13-10-14-8-4-3-5-9-14/h3-5,8-9H,2,6-7,11-12H2,1H3. The number of carbonyl (C=O) groups is 1. The Hall–Kier alpha value is -1.95. The SMILES string of the molecule is CCOC(=O)OC1(C#Cc2ccccc2)CCCC1. The van der Waals surface area contributed by atoms with E-state index in [1.165, 1.54) is 0 Å². The molecule has 0 spiro atoms. The molecule has 0 unspecified atom stereocenters. The minimum absolute atomic E-state index is 0.320. The molecule has 3 nitrogen and oxygen atoms in total. The Morgan fingerprint density at radius 1 is 1.26 bits per heavy atom. The summed E-state index contributed by atoms with van der Waals surface area (Å²) in [6.07, 6.45) is 3.01. The molecule has 1 fully saturated rings. The van der Waals surface area contributed by atoms with E-state index in [0.29, 0.717) is 6.61 Å². The predicted molar refractivity (Wildman–Crippen MR) is 72.6 cm³/mol. The highest BCUT2D eigenvalue weighted by atomic mass is 16.7. The van der Waals surface area contributed by atoms with Crippen LogP contribution >= 0.6 is 0 Å². The van der Waals surface area contributed by atoms with Gasteiger partial charge in [0.2, 0.25) is 0 Å². The second-order valence-corrected chi connectivity index (χ2v) is 4.60. The summed E-state index contributed by atoms with van der Waals surface area (Å²) in [5.41, 5.74) is 0.267. The summed E-state index contributed by atoms with van der Waals surface area (Å²) < 4.78 is 10.3. The number of benzene rings is 1. The zero-order valence-corrected chi connectivity index (χ0v) is 11.1. The molecule has 1 aliphatic rings. The lowest BCUT2D eigenvalue weighted by molar-refractivity contribution is -0.000563. The number of rotatable bonds is 2. The van der Waals surface area contributed by atoms with E-state index in [9.17, 15) is 4.79 Å². The van der Waals surface area contributed by atoms with Crippen molar-refractivity contribution >= 4 is 6.16 Å². The van der Waals surface area contributed by atoms with Gasteiger partial charge in [0.25, 0.3) is 0 Å². The van der Waals surface area contributed by atoms with Crippen LogP contribution in [0, 0.1) is 11.8 Å². The quantitative estimate of drug-likeness (QED) is 0.601. The minimum Gasteiger partial charge on any atom is -0.435 e. The van der Waals surface area contributed by atoms with Gasteiger partial charge >= 0.3 is 6.16 Å². The fourth-order valence-corrected chi connectivity index (χ4v) is 2.21. The summed E-state index contributed by atoms with van der Waals surface area (Å²) in [4.78, 5) is 11.5. The normalized spacial score (nSPS) is 16.3. The molecule has 1 saturated carbocycles. The van der Waals surface area contributed by atoms with Gasteiger partial charge in [0.1, 0.15) is 0 Å². The van der Waals surface area contributed by atoms with E-state index in [4.69, 9.17) is 9.47 Å². The van der Waals surface area contributed by atoms with Gasteiger partial charge in [-0.2, -0.15) is 0 Å². The Kier molecular flexibility index (Phi) is 4.46. The maximum absolute atomic E-state index is 11.5. The summed E-state index contributed by atoms with van der Waals surface area (Å²) >= 11 is 0. The average molecular weight is 258 g/mol. The molecule has 3 heteroatoms. The molecular weight excluding hydrogens is 240 g/mol. The Morgan fingerprint density at radius 2 is 1.95 bits per heavy atom. The Labute approximate surface area is 113 Å². The highest BCUT2D eigenvalue weighted by molar-refractivity contribution is 5.61. The minimum atomic E-state index is -0.665. The van der Waals surface area contributed by atoms with Crippen molar-refractivity contribution in [3.63, 3.8) is 0 Å². The van der Waals surface area contributed by atoms with Gasteiger partial charge in [-0.25, -0.2) is 4.79 Å². The topological polar surface area (TPSA) is 35.5 Å². The first-order valence-corrected chi connectivity index (χ1v) is 6.68. The molecule has 0 saturated heterocycles. The third-order valence-electron chi connectivity index (χ3n) is 3.16. The molecule has 0 bridgehead atoms. The Balaban J connectivity index is 2.12. The van der Waals surface area contributed by atoms with Gasteiger partial charge in [0.15, 0.2) is 5.60 Å². The Morgan fingerprint density at radius 3 is 2.58 bits per heavy atom. The van der Waals surface area contributed by atoms with Crippen molar-refractivity contribution in [3.8, 4) is 11.8 Å². The van der Waals surface area contributed by atoms with Crippen LogP contribution in [0.3, 0.4) is 0 Å². The molecule has 0 heterocycles. The van der Waals surface area contributed by atoms with Gasteiger partial charge in [0, 0.05) is 5.56 Å². The molecule has 19 heavy (non-hydrogen) atoms. The maximum Gasteiger partial charge on any atom is 0.509 e. The molecule has 0 aromatic heterocycles. The van der Waals surface area contributed by atoms with Gasteiger partial charge < -0.3 is 9.47 Å². The lowest BCUT2D eigenvalue weighted by Gasteiger charge is -2.22. The van der Waals surface area contributed by atoms with Gasteiger partial charge in [-0.05, 0) is 50.7 Å². The van der Waals surface area contributed by atoms with E-state index in [1.54, 1.807) is 6.92 Å². The van der Waals surface area contributed by atoms with Crippen LogP contribution < -0.4 is 0 Å². The molecule has 0 atom stereocenters. The fourth-order valence-electron chi connectivity index (χ4n) is 2.21. The van der Waals surface area contributed by atoms with Crippen LogP contribution in [0.5, 0.6) is 0 Å². The first-order valence-electron chi connectivity index (χ1n) is 6.68. The van der Waals surface area contributed by atoms with E-state index in [-0.39, 0.29) is 0 Å². The van der Waals surface area contributed by atoms with Crippen molar-refractivity contribution in [3.05, 3.63) is 35.9 Å². The van der Waals surface area contributed by atoms with Gasteiger partial charge in [-0.15, -0.1) is 0 Å². The van der Waals surface area contributed by atoms with Crippen LogP contribution in [0.15, 0.2) is 30.3 Å². The molecule has 100 valence electrons. The van der Waals surface area contributed by atoms with E-state index in [2.05, 4.69) is 11.8 Å². The zero-order valence-electron chi connectivity index (χ0n) is 11.1. The molecule has 1 aromatic rings. The zero-order chi connectivity index (χ0) is 13.6. The first-order chi connectivity index (χ1) is 9.24. The number of hydrogen-bond acceptors (Lipinski definition) is 3. The molecule has 0 amide bonds. The second kappa shape index (κ2) is 6.29. The number of carbonyl (C=O) groups excluding carboxylic acids is 1. The summed E-state index contributed by atoms with van der Waals surface area (Å²) in [5.74, 6) is 6.22. The highest BCUT2D eigenvalue weighted by Crippen LogP contribution is 2.33. The molecule has 1 aliphatic carbocycles. The first kappa shape index (κ1) is 13.5. The lowest BCUT2D eigenvalue weighted by Crippen LogP contribution is -2.30. The van der Waals surface area contributed by atoms with Crippen molar-refractivity contribution in [1.29, 1.82) is 0 Å². The van der Waals surface area contributed by atoms with Crippen molar-refractivity contribution in [2.75, 3.05) is 6.61 Å². The molecule has 0 radical (unpaired) electrons. The third-order valence-corrected chi connectivity index (χ3v) is 3.16. The van der Waals surface area contributed by atoms with E-state index >= 15 is 0 Å². The van der Waals surface area contributed by atoms with Crippen molar-refractivity contribution in [2.24, 2.45) is 0 Å². The van der Waals surface area contributed by atoms with E-state index in [1.807, 2.05) is 30.3 Å². The molecule has 0 N–H and O–H groups in total. The largest absolute Gasteiger partial charge is 0.509 e. The summed E-state index contributed by atoms with van der Waals surface area (Å²) in [6.45, 7) is 2.08. The highest BCUT2D eigenvalue weighted by Gasteiger charge is 2.36. The monoisotopic (exact) mass is 258 g/mol. The van der Waals surface area contributed by atoms with Crippen LogP contribution in [0.1, 0.15) is 38.2 Å². The van der Waals surface area contributed by atoms with Crippen molar-refractivity contribution in [2.45, 2.75) is 38.2 Å². The van der Waals surface area contributed by atoms with Crippen LogP contribution in [0.4, 0.5) is 4.79 Å². The van der Waals surface area contributed by atoms with Gasteiger partial charge in [-0.3, -0.25) is 0 Å². The molecule has 1 aromatic carbocycles. The van der Waals surface area contributed by atoms with Crippen LogP contribution in [0.25, 0.3) is 0 Å². The van der Waals surface area contributed by atoms with Crippen LogP contribution in [0.2, 0.25) is 0 Å². The summed E-state index contributed by atoms with van der Waals surface area (Å²) in [5, 5.41) is 0. The van der Waals surface area contributed by atoms with Crippen molar-refractivity contribution in [1.82, 2.24) is 0 Å². The average Bonchev–Trinajstić information content (AvgIpc) is 2.87. The summed E-state index contributed by atoms with van der Waals surface area (Å²) in [7, 11) is 0. The Bertz CT molecular complexity index is 476. The molecular formula is C16H18O3. The van der Waals surface area contributed by atoms with Gasteiger partial charge in [-0.1, -0.05) is 24.1 Å². The predicted octanol–water partition coefficient (Wildman–Crippen LogP) is 3.52. The van der Waals surface area contributed by atoms with Gasteiger partial charge in [0.05, 0.1) is 6.61 Å². The number of ether oxygens (including phenoxy) is 2. The fraction of sp³-hybridized carbons (Fsp3) is 0.438. The van der Waals surface area contributed by atoms with Crippen LogP contribution in [-0.4, -0.2) is 18.4 Å². The lowest BCUT2D eigenvalue weighted by atomic mass is 10.0. The smallest absolute Gasteiger partial charge is 0.435 e. The second-order valence-electron chi connectivity index (χ2n) is 4.60. The van der Waals surface area contributed by atoms with E-state index < -0.39 is 11.8 Å². The summed E-state index contributed by atoms with van der Waals surface area (Å²) in [6, 6.07) is 9.72. The third kappa shape index (κ3) is 3.75. The maximum atomic E-state index is 11.5. The molecule has 2 rings (SSSR count). The van der Waals surface area contributed by atoms with Crippen molar-refractivity contribution < 1.29 is 14.3 Å². The van der Waals surface area contributed by atoms with E-state index in [0.717, 1.165) is 31.2 Å².